The van der Waals surface area contributed by atoms with Gasteiger partial charge >= 0.3 is 87.6 Å². The molecule has 0 aliphatic carbocycles. The molecule has 0 saturated carbocycles. The fourth-order valence-electron chi connectivity index (χ4n) is 1.24. The van der Waals surface area contributed by atoms with E-state index < -0.39 is 0 Å². The van der Waals surface area contributed by atoms with Gasteiger partial charge in [0.15, 0.2) is 0 Å². The SMILES string of the molecule is CC(=O)Nc1nc2cc(C)ccc2[se]1. The molecule has 1 heterocycles. The van der Waals surface area contributed by atoms with Crippen molar-refractivity contribution in [2.45, 2.75) is 13.8 Å². The number of aromatic nitrogens is 1. The molecule has 0 atom stereocenters. The Balaban J connectivity index is 2.46. The Labute approximate surface area is 87.9 Å². The van der Waals surface area contributed by atoms with E-state index in [9.17, 15) is 4.79 Å². The predicted octanol–water partition coefficient (Wildman–Crippen LogP) is 1.56. The molecule has 2 rings (SSSR count). The second-order valence-electron chi connectivity index (χ2n) is 3.17. The van der Waals surface area contributed by atoms with Crippen LogP contribution in [0.4, 0.5) is 4.69 Å². The zero-order chi connectivity index (χ0) is 10.1. The molecule has 14 heavy (non-hydrogen) atoms. The summed E-state index contributed by atoms with van der Waals surface area (Å²) in [7, 11) is 0. The number of anilines is 1. The van der Waals surface area contributed by atoms with Crippen molar-refractivity contribution < 1.29 is 4.79 Å². The van der Waals surface area contributed by atoms with Gasteiger partial charge < -0.3 is 0 Å². The van der Waals surface area contributed by atoms with Crippen LogP contribution in [0.25, 0.3) is 9.78 Å². The molecule has 0 bridgehead atoms. The fraction of sp³-hybridized carbons (Fsp3) is 0.200. The number of carbonyl (C=O) groups excluding carboxylic acids is 1. The van der Waals surface area contributed by atoms with Crippen LogP contribution in [0.5, 0.6) is 0 Å². The quantitative estimate of drug-likeness (QED) is 0.783. The van der Waals surface area contributed by atoms with Crippen molar-refractivity contribution in [2.75, 3.05) is 5.32 Å². The van der Waals surface area contributed by atoms with Gasteiger partial charge in [-0.3, -0.25) is 0 Å². The van der Waals surface area contributed by atoms with Crippen LogP contribution in [0.2, 0.25) is 0 Å². The first-order valence-electron chi connectivity index (χ1n) is 4.30. The van der Waals surface area contributed by atoms with Crippen molar-refractivity contribution in [3.8, 4) is 0 Å². The monoisotopic (exact) mass is 254 g/mol. The van der Waals surface area contributed by atoms with Gasteiger partial charge in [0.2, 0.25) is 0 Å². The summed E-state index contributed by atoms with van der Waals surface area (Å²) in [5.74, 6) is -0.0462. The van der Waals surface area contributed by atoms with Crippen LogP contribution in [0.1, 0.15) is 12.5 Å². The van der Waals surface area contributed by atoms with E-state index >= 15 is 0 Å². The summed E-state index contributed by atoms with van der Waals surface area (Å²) in [5.41, 5.74) is 2.21. The van der Waals surface area contributed by atoms with Crippen molar-refractivity contribution in [1.82, 2.24) is 4.98 Å². The van der Waals surface area contributed by atoms with Gasteiger partial charge in [0.1, 0.15) is 0 Å². The molecule has 1 aromatic carbocycles. The van der Waals surface area contributed by atoms with Crippen LogP contribution < -0.4 is 5.32 Å². The molecular formula is C10H10N2OSe. The van der Waals surface area contributed by atoms with Crippen LogP contribution in [-0.4, -0.2) is 25.4 Å². The molecule has 1 N–H and O–H groups in total. The van der Waals surface area contributed by atoms with Crippen LogP contribution in [0.15, 0.2) is 18.2 Å². The molecule has 3 nitrogen and oxygen atoms in total. The van der Waals surface area contributed by atoms with Gasteiger partial charge in [0.05, 0.1) is 0 Å². The number of benzene rings is 1. The molecular weight excluding hydrogens is 243 g/mol. The topological polar surface area (TPSA) is 42.0 Å². The Morgan fingerprint density at radius 2 is 2.29 bits per heavy atom. The Bertz CT molecular complexity index is 490. The molecule has 0 fully saturated rings. The van der Waals surface area contributed by atoms with Gasteiger partial charge in [-0.25, -0.2) is 0 Å². The number of rotatable bonds is 1. The van der Waals surface area contributed by atoms with E-state index in [2.05, 4.69) is 22.4 Å². The molecule has 0 aliphatic rings. The standard InChI is InChI=1S/C10H10N2OSe/c1-6-3-4-9-8(5-6)12-10(14-9)11-7(2)13/h3-5H,1-2H3,(H,11,12,13). The van der Waals surface area contributed by atoms with Crippen LogP contribution in [0, 0.1) is 6.92 Å². The number of nitrogens with one attached hydrogen (secondary N) is 1. The van der Waals surface area contributed by atoms with Gasteiger partial charge in [0, 0.05) is 0 Å². The predicted molar refractivity (Wildman–Crippen MR) is 57.7 cm³/mol. The molecule has 0 aliphatic heterocycles. The zero-order valence-corrected chi connectivity index (χ0v) is 9.71. The number of fused-ring (bicyclic) bond motifs is 1. The average molecular weight is 253 g/mol. The van der Waals surface area contributed by atoms with Crippen molar-refractivity contribution in [1.29, 1.82) is 0 Å². The summed E-state index contributed by atoms with van der Waals surface area (Å²) in [5, 5.41) is 2.75. The van der Waals surface area contributed by atoms with Crippen LogP contribution >= 0.6 is 0 Å². The van der Waals surface area contributed by atoms with E-state index in [1.165, 1.54) is 16.7 Å². The molecule has 0 saturated heterocycles. The number of carbonyl (C=O) groups is 1. The third-order valence-corrected chi connectivity index (χ3v) is 3.82. The summed E-state index contributed by atoms with van der Waals surface area (Å²) < 4.78 is 2.05. The van der Waals surface area contributed by atoms with E-state index in [-0.39, 0.29) is 20.4 Å². The third kappa shape index (κ3) is 1.86. The summed E-state index contributed by atoms with van der Waals surface area (Å²) in [6, 6.07) is 6.21. The van der Waals surface area contributed by atoms with Crippen molar-refractivity contribution in [3.05, 3.63) is 23.8 Å². The molecule has 0 radical (unpaired) electrons. The average Bonchev–Trinajstić information content (AvgIpc) is 2.44. The van der Waals surface area contributed by atoms with Crippen molar-refractivity contribution in [2.24, 2.45) is 0 Å². The van der Waals surface area contributed by atoms with E-state index in [0.29, 0.717) is 0 Å². The number of hydrogen-bond acceptors (Lipinski definition) is 2. The van der Waals surface area contributed by atoms with Gasteiger partial charge in [-0.15, -0.1) is 0 Å². The summed E-state index contributed by atoms with van der Waals surface area (Å²) in [6.45, 7) is 3.55. The van der Waals surface area contributed by atoms with Crippen molar-refractivity contribution in [3.63, 3.8) is 0 Å². The van der Waals surface area contributed by atoms with E-state index in [1.807, 2.05) is 13.0 Å². The fourth-order valence-corrected chi connectivity index (χ4v) is 3.11. The first-order valence-corrected chi connectivity index (χ1v) is 6.01. The Kier molecular flexibility index (Phi) is 2.40. The van der Waals surface area contributed by atoms with Gasteiger partial charge in [-0.1, -0.05) is 0 Å². The second kappa shape index (κ2) is 3.56. The first kappa shape index (κ1) is 9.44. The minimum atomic E-state index is -0.0462. The Morgan fingerprint density at radius 1 is 1.50 bits per heavy atom. The van der Waals surface area contributed by atoms with E-state index in [4.69, 9.17) is 0 Å². The number of hydrogen-bond donors (Lipinski definition) is 1. The van der Waals surface area contributed by atoms with E-state index in [1.54, 1.807) is 0 Å². The molecule has 2 aromatic rings. The van der Waals surface area contributed by atoms with Gasteiger partial charge in [-0.2, -0.15) is 0 Å². The number of amides is 1. The number of aryl methyl sites for hydroxylation is 1. The van der Waals surface area contributed by atoms with E-state index in [0.717, 1.165) is 10.2 Å². The zero-order valence-electron chi connectivity index (χ0n) is 8.00. The Morgan fingerprint density at radius 3 is 3.00 bits per heavy atom. The molecule has 0 unspecified atom stereocenters. The van der Waals surface area contributed by atoms with Crippen LogP contribution in [0.3, 0.4) is 0 Å². The first-order chi connectivity index (χ1) is 6.65. The van der Waals surface area contributed by atoms with Crippen molar-refractivity contribution >= 4 is 34.9 Å². The van der Waals surface area contributed by atoms with Crippen LogP contribution in [-0.2, 0) is 4.79 Å². The maximum atomic E-state index is 10.8. The minimum absolute atomic E-state index is 0.0462. The summed E-state index contributed by atoms with van der Waals surface area (Å²) in [6.07, 6.45) is 0. The van der Waals surface area contributed by atoms with Gasteiger partial charge in [-0.05, 0) is 0 Å². The second-order valence-corrected chi connectivity index (χ2v) is 5.33. The third-order valence-electron chi connectivity index (χ3n) is 1.83. The van der Waals surface area contributed by atoms with Gasteiger partial charge in [0.25, 0.3) is 0 Å². The molecule has 1 amide bonds. The Hall–Kier alpha value is -1.12. The number of nitrogens with zero attached hydrogens (tertiary/aromatic N) is 1. The summed E-state index contributed by atoms with van der Waals surface area (Å²) >= 11 is 0.161. The summed E-state index contributed by atoms with van der Waals surface area (Å²) in [4.78, 5) is 15.2. The maximum absolute atomic E-state index is 10.8. The molecule has 4 heteroatoms. The molecule has 0 spiro atoms. The normalized spacial score (nSPS) is 10.4. The molecule has 1 aromatic heterocycles. The molecule has 72 valence electrons.